The SMILES string of the molecule is CC(C)OC[C@H](O)COc1ccccc1. The molecule has 3 nitrogen and oxygen atoms in total. The van der Waals surface area contributed by atoms with Gasteiger partial charge in [-0.3, -0.25) is 0 Å². The van der Waals surface area contributed by atoms with Crippen LogP contribution in [0.3, 0.4) is 0 Å². The van der Waals surface area contributed by atoms with Crippen LogP contribution in [0.1, 0.15) is 13.8 Å². The number of aliphatic hydroxyl groups is 1. The van der Waals surface area contributed by atoms with Gasteiger partial charge in [0.05, 0.1) is 12.7 Å². The van der Waals surface area contributed by atoms with E-state index in [2.05, 4.69) is 0 Å². The van der Waals surface area contributed by atoms with E-state index in [1.807, 2.05) is 44.2 Å². The standard InChI is InChI=1S/C12H18O3/c1-10(2)14-8-11(13)9-15-12-6-4-3-5-7-12/h3-7,10-11,13H,8-9H2,1-2H3/t11-/m0/s1. The summed E-state index contributed by atoms with van der Waals surface area (Å²) >= 11 is 0. The zero-order valence-electron chi connectivity index (χ0n) is 9.22. The number of rotatable bonds is 6. The molecule has 0 aliphatic heterocycles. The first-order chi connectivity index (χ1) is 7.18. The molecule has 1 N–H and O–H groups in total. The van der Waals surface area contributed by atoms with Gasteiger partial charge >= 0.3 is 0 Å². The van der Waals surface area contributed by atoms with Crippen LogP contribution in [0.4, 0.5) is 0 Å². The molecule has 3 heteroatoms. The molecule has 1 aromatic rings. The lowest BCUT2D eigenvalue weighted by Gasteiger charge is -2.14. The Labute approximate surface area is 90.6 Å². The van der Waals surface area contributed by atoms with Gasteiger partial charge in [-0.2, -0.15) is 0 Å². The summed E-state index contributed by atoms with van der Waals surface area (Å²) in [4.78, 5) is 0. The quantitative estimate of drug-likeness (QED) is 0.778. The molecule has 1 atom stereocenters. The van der Waals surface area contributed by atoms with Crippen LogP contribution in [0.25, 0.3) is 0 Å². The molecule has 0 aliphatic rings. The minimum Gasteiger partial charge on any atom is -0.491 e. The summed E-state index contributed by atoms with van der Waals surface area (Å²) < 4.78 is 10.6. The second-order valence-electron chi connectivity index (χ2n) is 3.66. The third kappa shape index (κ3) is 5.40. The molecule has 0 amide bonds. The Morgan fingerprint density at radius 3 is 2.40 bits per heavy atom. The fourth-order valence-electron chi connectivity index (χ4n) is 1.06. The number of aliphatic hydroxyl groups excluding tert-OH is 1. The minimum atomic E-state index is -0.576. The number of ether oxygens (including phenoxy) is 2. The topological polar surface area (TPSA) is 38.7 Å². The van der Waals surface area contributed by atoms with Gasteiger partial charge in [0, 0.05) is 0 Å². The van der Waals surface area contributed by atoms with Gasteiger partial charge in [-0.15, -0.1) is 0 Å². The lowest BCUT2D eigenvalue weighted by Crippen LogP contribution is -2.25. The van der Waals surface area contributed by atoms with Crippen molar-refractivity contribution in [2.24, 2.45) is 0 Å². The summed E-state index contributed by atoms with van der Waals surface area (Å²) in [6.07, 6.45) is -0.441. The molecule has 0 aliphatic carbocycles. The first kappa shape index (κ1) is 12.0. The second kappa shape index (κ2) is 6.43. The van der Waals surface area contributed by atoms with Crippen molar-refractivity contribution in [3.8, 4) is 5.75 Å². The van der Waals surface area contributed by atoms with Crippen LogP contribution >= 0.6 is 0 Å². The van der Waals surface area contributed by atoms with Crippen LogP contribution in [-0.2, 0) is 4.74 Å². The lowest BCUT2D eigenvalue weighted by molar-refractivity contribution is -0.0122. The molecule has 0 bridgehead atoms. The van der Waals surface area contributed by atoms with Gasteiger partial charge in [0.1, 0.15) is 18.5 Å². The predicted octanol–water partition coefficient (Wildman–Crippen LogP) is 1.85. The zero-order valence-corrected chi connectivity index (χ0v) is 9.22. The summed E-state index contributed by atoms with van der Waals surface area (Å²) in [5.41, 5.74) is 0. The summed E-state index contributed by atoms with van der Waals surface area (Å²) in [5, 5.41) is 9.51. The zero-order chi connectivity index (χ0) is 11.1. The Hall–Kier alpha value is -1.06. The minimum absolute atomic E-state index is 0.136. The molecule has 0 radical (unpaired) electrons. The van der Waals surface area contributed by atoms with Crippen molar-refractivity contribution in [1.29, 1.82) is 0 Å². The third-order valence-corrected chi connectivity index (χ3v) is 1.81. The Bertz CT molecular complexity index is 259. The molecule has 0 heterocycles. The molecule has 0 saturated heterocycles. The van der Waals surface area contributed by atoms with Gasteiger partial charge < -0.3 is 14.6 Å². The van der Waals surface area contributed by atoms with E-state index in [4.69, 9.17) is 9.47 Å². The molecular weight excluding hydrogens is 192 g/mol. The lowest BCUT2D eigenvalue weighted by atomic mass is 10.3. The molecule has 0 saturated carbocycles. The van der Waals surface area contributed by atoms with Crippen molar-refractivity contribution < 1.29 is 14.6 Å². The average molecular weight is 210 g/mol. The Balaban J connectivity index is 2.19. The Kier molecular flexibility index (Phi) is 5.15. The molecule has 0 aromatic heterocycles. The van der Waals surface area contributed by atoms with Crippen LogP contribution in [-0.4, -0.2) is 30.5 Å². The van der Waals surface area contributed by atoms with E-state index in [0.717, 1.165) is 5.75 Å². The van der Waals surface area contributed by atoms with Crippen molar-refractivity contribution in [1.82, 2.24) is 0 Å². The van der Waals surface area contributed by atoms with Crippen molar-refractivity contribution in [2.75, 3.05) is 13.2 Å². The Morgan fingerprint density at radius 2 is 1.80 bits per heavy atom. The maximum absolute atomic E-state index is 9.51. The summed E-state index contributed by atoms with van der Waals surface area (Å²) in [6.45, 7) is 4.44. The van der Waals surface area contributed by atoms with Crippen molar-refractivity contribution in [2.45, 2.75) is 26.1 Å². The van der Waals surface area contributed by atoms with Crippen LogP contribution in [0.5, 0.6) is 5.75 Å². The van der Waals surface area contributed by atoms with Gasteiger partial charge in [0.25, 0.3) is 0 Å². The molecule has 0 spiro atoms. The summed E-state index contributed by atoms with van der Waals surface area (Å²) in [7, 11) is 0. The number of benzene rings is 1. The largest absolute Gasteiger partial charge is 0.491 e. The van der Waals surface area contributed by atoms with Crippen LogP contribution in [0, 0.1) is 0 Å². The normalized spacial score (nSPS) is 12.8. The monoisotopic (exact) mass is 210 g/mol. The molecule has 15 heavy (non-hydrogen) atoms. The fraction of sp³-hybridized carbons (Fsp3) is 0.500. The van der Waals surface area contributed by atoms with E-state index in [1.54, 1.807) is 0 Å². The van der Waals surface area contributed by atoms with E-state index >= 15 is 0 Å². The van der Waals surface area contributed by atoms with Crippen molar-refractivity contribution in [3.63, 3.8) is 0 Å². The first-order valence-electron chi connectivity index (χ1n) is 5.16. The van der Waals surface area contributed by atoms with E-state index in [-0.39, 0.29) is 12.7 Å². The maximum atomic E-state index is 9.51. The summed E-state index contributed by atoms with van der Waals surface area (Å²) in [6, 6.07) is 9.43. The second-order valence-corrected chi connectivity index (χ2v) is 3.66. The van der Waals surface area contributed by atoms with E-state index < -0.39 is 6.10 Å². The van der Waals surface area contributed by atoms with Gasteiger partial charge in [-0.25, -0.2) is 0 Å². The van der Waals surface area contributed by atoms with Gasteiger partial charge in [0.15, 0.2) is 0 Å². The molecule has 84 valence electrons. The number of hydrogen-bond acceptors (Lipinski definition) is 3. The molecule has 0 fully saturated rings. The smallest absolute Gasteiger partial charge is 0.119 e. The number of hydrogen-bond donors (Lipinski definition) is 1. The highest BCUT2D eigenvalue weighted by Crippen LogP contribution is 2.08. The molecule has 0 unspecified atom stereocenters. The van der Waals surface area contributed by atoms with Gasteiger partial charge in [-0.1, -0.05) is 18.2 Å². The first-order valence-corrected chi connectivity index (χ1v) is 5.16. The third-order valence-electron chi connectivity index (χ3n) is 1.81. The molecular formula is C12H18O3. The van der Waals surface area contributed by atoms with Crippen LogP contribution in [0.2, 0.25) is 0 Å². The van der Waals surface area contributed by atoms with Gasteiger partial charge in [-0.05, 0) is 26.0 Å². The Morgan fingerprint density at radius 1 is 1.13 bits per heavy atom. The fourth-order valence-corrected chi connectivity index (χ4v) is 1.06. The van der Waals surface area contributed by atoms with Crippen molar-refractivity contribution >= 4 is 0 Å². The summed E-state index contributed by atoms with van der Waals surface area (Å²) in [5.74, 6) is 0.765. The van der Waals surface area contributed by atoms with E-state index in [0.29, 0.717) is 6.61 Å². The van der Waals surface area contributed by atoms with E-state index in [9.17, 15) is 5.11 Å². The highest BCUT2D eigenvalue weighted by atomic mass is 16.5. The predicted molar refractivity (Wildman–Crippen MR) is 59.0 cm³/mol. The van der Waals surface area contributed by atoms with E-state index in [1.165, 1.54) is 0 Å². The highest BCUT2D eigenvalue weighted by Gasteiger charge is 2.06. The molecule has 1 aromatic carbocycles. The average Bonchev–Trinajstić information content (AvgIpc) is 2.25. The van der Waals surface area contributed by atoms with Crippen LogP contribution in [0.15, 0.2) is 30.3 Å². The highest BCUT2D eigenvalue weighted by molar-refractivity contribution is 5.20. The van der Waals surface area contributed by atoms with Crippen molar-refractivity contribution in [3.05, 3.63) is 30.3 Å². The van der Waals surface area contributed by atoms with Crippen LogP contribution < -0.4 is 4.74 Å². The number of para-hydroxylation sites is 1. The molecule has 1 rings (SSSR count). The van der Waals surface area contributed by atoms with Gasteiger partial charge in [0.2, 0.25) is 0 Å². The maximum Gasteiger partial charge on any atom is 0.119 e.